The van der Waals surface area contributed by atoms with Crippen LogP contribution >= 0.6 is 0 Å². The summed E-state index contributed by atoms with van der Waals surface area (Å²) < 4.78 is 0. The largest absolute Gasteiger partial charge is 0.394 e. The second kappa shape index (κ2) is 18.2. The van der Waals surface area contributed by atoms with Crippen LogP contribution in [0.4, 0.5) is 0 Å². The average Bonchev–Trinajstić information content (AvgIpc) is 2.90. The summed E-state index contributed by atoms with van der Waals surface area (Å²) in [6.07, 6.45) is 4.14. The summed E-state index contributed by atoms with van der Waals surface area (Å²) in [7, 11) is -3.09. The van der Waals surface area contributed by atoms with Gasteiger partial charge in [-0.15, -0.1) is 0 Å². The molecule has 4 atom stereocenters. The van der Waals surface area contributed by atoms with E-state index < -0.39 is 82.3 Å². The number of aliphatic hydroxyl groups excluding tert-OH is 4. The van der Waals surface area contributed by atoms with E-state index in [0.717, 1.165) is 24.3 Å². The van der Waals surface area contributed by atoms with Crippen molar-refractivity contribution in [3.63, 3.8) is 0 Å². The fourth-order valence-electron chi connectivity index (χ4n) is 4.28. The Labute approximate surface area is 218 Å². The Kier molecular flexibility index (Phi) is 16.7. The zero-order valence-electron chi connectivity index (χ0n) is 21.0. The molecule has 37 heavy (non-hydrogen) atoms. The normalized spacial score (nSPS) is 15.5. The lowest BCUT2D eigenvalue weighted by atomic mass is 10.3. The van der Waals surface area contributed by atoms with Gasteiger partial charge in [-0.1, -0.05) is 26.3 Å². The van der Waals surface area contributed by atoms with Gasteiger partial charge in [-0.05, 0) is 48.5 Å². The number of hydrogen-bond donors (Lipinski definition) is 8. The lowest BCUT2D eigenvalue weighted by Gasteiger charge is -2.41. The van der Waals surface area contributed by atoms with Crippen molar-refractivity contribution in [2.45, 2.75) is 48.3 Å². The molecule has 0 aliphatic rings. The van der Waals surface area contributed by atoms with Gasteiger partial charge < -0.3 is 41.7 Å². The third-order valence-corrected chi connectivity index (χ3v) is 11.2. The van der Waals surface area contributed by atoms with E-state index in [4.69, 9.17) is 0 Å². The van der Waals surface area contributed by atoms with E-state index >= 15 is 0 Å². The zero-order valence-corrected chi connectivity index (χ0v) is 22.0. The number of carbonyl (C=O) groups is 4. The monoisotopic (exact) mass is 540 g/mol. The highest BCUT2D eigenvalue weighted by Crippen LogP contribution is 2.32. The third kappa shape index (κ3) is 13.1. The molecule has 0 fully saturated rings. The van der Waals surface area contributed by atoms with Gasteiger partial charge in [0.15, 0.2) is 0 Å². The maximum atomic E-state index is 12.0. The summed E-state index contributed by atoms with van der Waals surface area (Å²) in [4.78, 5) is 48.0. The highest BCUT2D eigenvalue weighted by Gasteiger charge is 2.42. The van der Waals surface area contributed by atoms with Gasteiger partial charge in [-0.25, -0.2) is 0 Å². The van der Waals surface area contributed by atoms with Crippen molar-refractivity contribution < 1.29 is 39.6 Å². The standard InChI is InChI=1S/C24H40N4O8Si/c1-5-21(33)25-17(9-29)13-37(14-18(10-30)26-22(34)6-2,15-19(11-31)27-23(35)7-3)16-20(12-32)28-24(36)8-4/h5-8,17-20,29-32H,1-4,9-16H2,(H,25,33)(H,26,34)(H,27,35)(H,28,36). The summed E-state index contributed by atoms with van der Waals surface area (Å²) in [5.74, 6) is -2.17. The van der Waals surface area contributed by atoms with Crippen LogP contribution in [-0.2, 0) is 19.2 Å². The molecule has 0 bridgehead atoms. The van der Waals surface area contributed by atoms with E-state index in [1.807, 2.05) is 0 Å². The number of aliphatic hydroxyl groups is 4. The molecule has 0 heterocycles. The van der Waals surface area contributed by atoms with Crippen molar-refractivity contribution in [2.75, 3.05) is 26.4 Å². The van der Waals surface area contributed by atoms with Crippen LogP contribution in [0, 0.1) is 0 Å². The third-order valence-electron chi connectivity index (χ3n) is 5.73. The van der Waals surface area contributed by atoms with E-state index in [1.165, 1.54) is 0 Å². The Balaban J connectivity index is 6.66. The van der Waals surface area contributed by atoms with Crippen LogP contribution in [-0.4, -0.2) is 103 Å². The summed E-state index contributed by atoms with van der Waals surface area (Å²) in [6, 6.07) is -2.61. The first-order valence-electron chi connectivity index (χ1n) is 11.7. The Morgan fingerprint density at radius 2 is 0.703 bits per heavy atom. The van der Waals surface area contributed by atoms with Gasteiger partial charge in [0.2, 0.25) is 23.6 Å². The lowest BCUT2D eigenvalue weighted by Crippen LogP contribution is -2.57. The number of hydrogen-bond acceptors (Lipinski definition) is 8. The molecule has 0 rings (SSSR count). The summed E-state index contributed by atoms with van der Waals surface area (Å²) in [6.45, 7) is 11.7. The summed E-state index contributed by atoms with van der Waals surface area (Å²) in [5.41, 5.74) is 0. The van der Waals surface area contributed by atoms with Crippen LogP contribution in [0.5, 0.6) is 0 Å². The minimum Gasteiger partial charge on any atom is -0.394 e. The fraction of sp³-hybridized carbons (Fsp3) is 0.500. The second-order valence-electron chi connectivity index (χ2n) is 8.69. The molecular formula is C24H40N4O8Si. The Hall–Kier alpha value is -3.10. The van der Waals surface area contributed by atoms with Crippen molar-refractivity contribution in [3.05, 3.63) is 50.6 Å². The molecule has 12 nitrogen and oxygen atoms in total. The molecule has 0 aromatic carbocycles. The van der Waals surface area contributed by atoms with E-state index in [-0.39, 0.29) is 24.2 Å². The molecule has 0 radical (unpaired) electrons. The van der Waals surface area contributed by atoms with Crippen LogP contribution in [0.2, 0.25) is 24.2 Å². The van der Waals surface area contributed by atoms with Crippen molar-refractivity contribution in [1.82, 2.24) is 21.3 Å². The highest BCUT2D eigenvalue weighted by atomic mass is 28.3. The van der Waals surface area contributed by atoms with Crippen LogP contribution < -0.4 is 21.3 Å². The molecule has 0 saturated heterocycles. The van der Waals surface area contributed by atoms with E-state index in [9.17, 15) is 39.6 Å². The van der Waals surface area contributed by atoms with Gasteiger partial charge in [-0.3, -0.25) is 19.2 Å². The quantitative estimate of drug-likeness (QED) is 0.0646. The first kappa shape index (κ1) is 33.9. The van der Waals surface area contributed by atoms with Gasteiger partial charge in [0.1, 0.15) is 0 Å². The molecular weight excluding hydrogens is 500 g/mol. The molecule has 0 spiro atoms. The predicted octanol–water partition coefficient (Wildman–Crippen LogP) is -1.91. The van der Waals surface area contributed by atoms with Gasteiger partial charge in [0, 0.05) is 24.2 Å². The van der Waals surface area contributed by atoms with Crippen LogP contribution in [0.3, 0.4) is 0 Å². The summed E-state index contributed by atoms with van der Waals surface area (Å²) >= 11 is 0. The minimum atomic E-state index is -3.09. The highest BCUT2D eigenvalue weighted by molar-refractivity contribution is 6.80. The molecule has 0 aromatic heterocycles. The minimum absolute atomic E-state index is 0.143. The van der Waals surface area contributed by atoms with E-state index in [2.05, 4.69) is 47.6 Å². The molecule has 4 unspecified atom stereocenters. The van der Waals surface area contributed by atoms with Crippen LogP contribution in [0.1, 0.15) is 0 Å². The number of nitrogens with one attached hydrogen (secondary N) is 4. The van der Waals surface area contributed by atoms with Crippen LogP contribution in [0.25, 0.3) is 0 Å². The molecule has 0 aliphatic carbocycles. The Morgan fingerprint density at radius 3 is 0.838 bits per heavy atom. The van der Waals surface area contributed by atoms with Gasteiger partial charge in [-0.2, -0.15) is 0 Å². The second-order valence-corrected chi connectivity index (χ2v) is 13.3. The molecule has 13 heteroatoms. The Morgan fingerprint density at radius 1 is 0.514 bits per heavy atom. The van der Waals surface area contributed by atoms with Crippen molar-refractivity contribution in [3.8, 4) is 0 Å². The number of carbonyl (C=O) groups excluding carboxylic acids is 4. The van der Waals surface area contributed by atoms with Gasteiger partial charge in [0.25, 0.3) is 0 Å². The van der Waals surface area contributed by atoms with Gasteiger partial charge >= 0.3 is 0 Å². The Bertz CT molecular complexity index is 689. The number of amides is 4. The first-order chi connectivity index (χ1) is 17.5. The van der Waals surface area contributed by atoms with E-state index in [0.29, 0.717) is 0 Å². The molecule has 0 aliphatic heterocycles. The van der Waals surface area contributed by atoms with Crippen molar-refractivity contribution >= 4 is 31.7 Å². The summed E-state index contributed by atoms with van der Waals surface area (Å²) in [5, 5.41) is 50.7. The molecule has 0 aromatic rings. The lowest BCUT2D eigenvalue weighted by molar-refractivity contribution is -0.118. The zero-order chi connectivity index (χ0) is 28.4. The first-order valence-corrected chi connectivity index (χ1v) is 14.5. The SMILES string of the molecule is C=CC(=O)NC(CO)C[Si](CC(CO)NC(=O)C=C)(CC(CO)NC(=O)C=C)CC(CO)NC(=O)C=C. The molecule has 0 saturated carbocycles. The molecule has 4 amide bonds. The maximum absolute atomic E-state index is 12.0. The fourth-order valence-corrected chi connectivity index (χ4v) is 10.4. The maximum Gasteiger partial charge on any atom is 0.243 e. The van der Waals surface area contributed by atoms with Crippen molar-refractivity contribution in [2.24, 2.45) is 0 Å². The molecule has 8 N–H and O–H groups in total. The van der Waals surface area contributed by atoms with E-state index in [1.54, 1.807) is 0 Å². The topological polar surface area (TPSA) is 197 Å². The van der Waals surface area contributed by atoms with Crippen molar-refractivity contribution in [1.29, 1.82) is 0 Å². The predicted molar refractivity (Wildman–Crippen MR) is 142 cm³/mol. The smallest absolute Gasteiger partial charge is 0.243 e. The molecule has 208 valence electrons. The van der Waals surface area contributed by atoms with Crippen LogP contribution in [0.15, 0.2) is 50.6 Å². The van der Waals surface area contributed by atoms with Gasteiger partial charge in [0.05, 0.1) is 34.5 Å². The average molecular weight is 541 g/mol. The number of rotatable bonds is 20.